The number of furan rings is 2. The molecule has 8 rings (SSSR count). The largest absolute Gasteiger partial charge is 0.456 e. The molecule has 0 aliphatic heterocycles. The van der Waals surface area contributed by atoms with Crippen molar-refractivity contribution in [1.82, 2.24) is 0 Å². The lowest BCUT2D eigenvalue weighted by Gasteiger charge is -2.14. The highest BCUT2D eigenvalue weighted by molar-refractivity contribution is 6.10. The molecule has 5 nitrogen and oxygen atoms in total. The zero-order valence-corrected chi connectivity index (χ0v) is 23.1. The van der Waals surface area contributed by atoms with E-state index in [1.54, 1.807) is 0 Å². The van der Waals surface area contributed by atoms with E-state index < -0.39 is 0 Å². The van der Waals surface area contributed by atoms with Crippen LogP contribution in [0.1, 0.15) is 16.7 Å². The van der Waals surface area contributed by atoms with Gasteiger partial charge in [-0.1, -0.05) is 60.7 Å². The Bertz CT molecular complexity index is 2570. The molecule has 0 aliphatic rings. The number of hydrogen-bond acceptors (Lipinski definition) is 5. The molecule has 0 radical (unpaired) electrons. The number of hydrogen-bond donors (Lipinski definition) is 0. The van der Waals surface area contributed by atoms with Crippen molar-refractivity contribution in [3.63, 3.8) is 0 Å². The number of nitrogens with zero attached hydrogens (tertiary/aromatic N) is 3. The molecular weight excluding hydrogens is 542 g/mol. The van der Waals surface area contributed by atoms with Gasteiger partial charge in [0.1, 0.15) is 22.3 Å². The van der Waals surface area contributed by atoms with Gasteiger partial charge in [0.15, 0.2) is 0 Å². The minimum atomic E-state index is 0.262. The van der Waals surface area contributed by atoms with Crippen LogP contribution in [0.25, 0.3) is 77.3 Å². The smallest absolute Gasteiger partial charge is 0.143 e. The van der Waals surface area contributed by atoms with E-state index >= 15 is 0 Å². The minimum Gasteiger partial charge on any atom is -0.456 e. The molecule has 0 spiro atoms. The molecule has 0 amide bonds. The summed E-state index contributed by atoms with van der Waals surface area (Å²) in [4.78, 5) is 0. The molecule has 2 heterocycles. The second-order valence-electron chi connectivity index (χ2n) is 10.7. The van der Waals surface area contributed by atoms with E-state index in [0.29, 0.717) is 11.1 Å². The Hall–Kier alpha value is -6.61. The van der Waals surface area contributed by atoms with Crippen molar-refractivity contribution >= 4 is 43.9 Å². The molecule has 0 atom stereocenters. The number of para-hydroxylation sites is 3. The predicted octanol–water partition coefficient (Wildman–Crippen LogP) is 10.1. The summed E-state index contributed by atoms with van der Waals surface area (Å²) in [5.74, 6) is 0. The number of nitriles is 3. The molecule has 5 heteroatoms. The van der Waals surface area contributed by atoms with Crippen molar-refractivity contribution in [2.45, 2.75) is 0 Å². The van der Waals surface area contributed by atoms with E-state index in [1.165, 1.54) is 12.1 Å². The van der Waals surface area contributed by atoms with Gasteiger partial charge in [-0.05, 0) is 76.9 Å². The van der Waals surface area contributed by atoms with Crippen molar-refractivity contribution < 1.29 is 8.83 Å². The molecule has 0 aliphatic carbocycles. The maximum absolute atomic E-state index is 10.1. The van der Waals surface area contributed by atoms with Gasteiger partial charge in [0.25, 0.3) is 0 Å². The molecule has 0 bridgehead atoms. The maximum Gasteiger partial charge on any atom is 0.143 e. The molecule has 202 valence electrons. The first-order chi connectivity index (χ1) is 21.6. The molecule has 0 N–H and O–H groups in total. The molecule has 0 saturated carbocycles. The number of rotatable bonds is 3. The van der Waals surface area contributed by atoms with Gasteiger partial charge in [-0.2, -0.15) is 15.8 Å². The lowest BCUT2D eigenvalue weighted by atomic mass is 9.88. The summed E-state index contributed by atoms with van der Waals surface area (Å²) >= 11 is 0. The average molecular weight is 562 g/mol. The first-order valence-electron chi connectivity index (χ1n) is 14.0. The standard InChI is InChI=1S/C39H19N3O2/c40-20-23-14-28(21-41)38(29(15-23)22-42)27-17-25(24-12-13-33-31-6-1-3-10-35(31)43-37(33)19-24)16-26(18-27)30-8-5-9-34-32-7-2-4-11-36(32)44-39(30)34/h1-19H. The lowest BCUT2D eigenvalue weighted by molar-refractivity contribution is 0.669. The van der Waals surface area contributed by atoms with E-state index in [9.17, 15) is 15.8 Å². The van der Waals surface area contributed by atoms with E-state index in [2.05, 4.69) is 36.4 Å². The fourth-order valence-electron chi connectivity index (χ4n) is 6.17. The van der Waals surface area contributed by atoms with Crippen LogP contribution in [0.5, 0.6) is 0 Å². The normalized spacial score (nSPS) is 11.1. The highest BCUT2D eigenvalue weighted by Gasteiger charge is 2.19. The van der Waals surface area contributed by atoms with Gasteiger partial charge in [-0.3, -0.25) is 0 Å². The summed E-state index contributed by atoms with van der Waals surface area (Å²) in [6.45, 7) is 0. The molecular formula is C39H19N3O2. The Morgan fingerprint density at radius 3 is 1.77 bits per heavy atom. The number of benzene rings is 6. The summed E-state index contributed by atoms with van der Waals surface area (Å²) < 4.78 is 12.6. The van der Waals surface area contributed by atoms with Crippen molar-refractivity contribution in [3.05, 3.63) is 132 Å². The summed E-state index contributed by atoms with van der Waals surface area (Å²) in [7, 11) is 0. The average Bonchev–Trinajstić information content (AvgIpc) is 3.65. The monoisotopic (exact) mass is 561 g/mol. The van der Waals surface area contributed by atoms with Crippen LogP contribution in [-0.2, 0) is 0 Å². The zero-order valence-electron chi connectivity index (χ0n) is 23.1. The Labute approximate surface area is 251 Å². The second-order valence-corrected chi connectivity index (χ2v) is 10.7. The van der Waals surface area contributed by atoms with Gasteiger partial charge in [-0.25, -0.2) is 0 Å². The summed E-state index contributed by atoms with van der Waals surface area (Å²) in [5.41, 5.74) is 8.65. The summed E-state index contributed by atoms with van der Waals surface area (Å²) in [6.07, 6.45) is 0. The van der Waals surface area contributed by atoms with Crippen LogP contribution in [-0.4, -0.2) is 0 Å². The third kappa shape index (κ3) is 3.84. The van der Waals surface area contributed by atoms with Gasteiger partial charge >= 0.3 is 0 Å². The Balaban J connectivity index is 1.42. The van der Waals surface area contributed by atoms with Crippen LogP contribution in [0, 0.1) is 34.0 Å². The van der Waals surface area contributed by atoms with Crippen molar-refractivity contribution in [2.75, 3.05) is 0 Å². The van der Waals surface area contributed by atoms with Crippen LogP contribution in [0.4, 0.5) is 0 Å². The molecule has 6 aromatic carbocycles. The summed E-state index contributed by atoms with van der Waals surface area (Å²) in [5, 5.41) is 33.9. The quantitative estimate of drug-likeness (QED) is 0.214. The van der Waals surface area contributed by atoms with Crippen LogP contribution in [0.2, 0.25) is 0 Å². The van der Waals surface area contributed by atoms with Gasteiger partial charge < -0.3 is 8.83 Å². The van der Waals surface area contributed by atoms with Crippen LogP contribution in [0.3, 0.4) is 0 Å². The molecule has 0 saturated heterocycles. The fraction of sp³-hybridized carbons (Fsp3) is 0. The lowest BCUT2D eigenvalue weighted by Crippen LogP contribution is -1.94. The number of fused-ring (bicyclic) bond motifs is 6. The first kappa shape index (κ1) is 25.1. The van der Waals surface area contributed by atoms with Crippen molar-refractivity contribution in [1.29, 1.82) is 15.8 Å². The van der Waals surface area contributed by atoms with E-state index in [0.717, 1.165) is 66.1 Å². The Kier molecular flexibility index (Phi) is 5.56. The predicted molar refractivity (Wildman–Crippen MR) is 171 cm³/mol. The molecule has 0 unspecified atom stereocenters. The van der Waals surface area contributed by atoms with E-state index in [4.69, 9.17) is 8.83 Å². The van der Waals surface area contributed by atoms with Gasteiger partial charge in [0, 0.05) is 32.7 Å². The van der Waals surface area contributed by atoms with Crippen LogP contribution in [0.15, 0.2) is 124 Å². The molecule has 8 aromatic rings. The van der Waals surface area contributed by atoms with Crippen LogP contribution < -0.4 is 0 Å². The minimum absolute atomic E-state index is 0.262. The zero-order chi connectivity index (χ0) is 29.8. The summed E-state index contributed by atoms with van der Waals surface area (Å²) in [6, 6.07) is 43.7. The highest BCUT2D eigenvalue weighted by atomic mass is 16.3. The molecule has 0 fully saturated rings. The second kappa shape index (κ2) is 9.74. The fourth-order valence-corrected chi connectivity index (χ4v) is 6.17. The van der Waals surface area contributed by atoms with Crippen molar-refractivity contribution in [2.24, 2.45) is 0 Å². The third-order valence-corrected chi connectivity index (χ3v) is 8.16. The van der Waals surface area contributed by atoms with Gasteiger partial charge in [0.2, 0.25) is 0 Å². The molecule has 44 heavy (non-hydrogen) atoms. The van der Waals surface area contributed by atoms with E-state index in [1.807, 2.05) is 84.9 Å². The highest BCUT2D eigenvalue weighted by Crippen LogP contribution is 2.41. The van der Waals surface area contributed by atoms with Gasteiger partial charge in [-0.15, -0.1) is 0 Å². The Morgan fingerprint density at radius 2 is 1.05 bits per heavy atom. The third-order valence-electron chi connectivity index (χ3n) is 8.16. The van der Waals surface area contributed by atoms with Gasteiger partial charge in [0.05, 0.1) is 34.9 Å². The Morgan fingerprint density at radius 1 is 0.432 bits per heavy atom. The first-order valence-corrected chi connectivity index (χ1v) is 14.0. The van der Waals surface area contributed by atoms with Crippen LogP contribution >= 0.6 is 0 Å². The molecule has 2 aromatic heterocycles. The maximum atomic E-state index is 10.1. The van der Waals surface area contributed by atoms with Crippen molar-refractivity contribution in [3.8, 4) is 51.6 Å². The van der Waals surface area contributed by atoms with E-state index in [-0.39, 0.29) is 16.7 Å². The topological polar surface area (TPSA) is 97.7 Å². The SMILES string of the molecule is N#Cc1cc(C#N)c(-c2cc(-c3ccc4c(c3)oc3ccccc34)cc(-c3cccc4c3oc3ccccc34)c2)c(C#N)c1.